The molecule has 8 heteroatoms. The molecule has 3 N–H and O–H groups in total. The summed E-state index contributed by atoms with van der Waals surface area (Å²) < 4.78 is 5.12. The van der Waals surface area contributed by atoms with E-state index in [0.29, 0.717) is 0 Å². The fourth-order valence-electron chi connectivity index (χ4n) is 1.19. The molecule has 1 aromatic carbocycles. The number of carbonyl (C=O) groups is 1. The Morgan fingerprint density at radius 1 is 1.67 bits per heavy atom. The van der Waals surface area contributed by atoms with E-state index in [1.807, 2.05) is 5.43 Å². The first kappa shape index (κ1) is 13.4. The lowest BCUT2D eigenvalue weighted by Gasteiger charge is -2.12. The second-order valence-electron chi connectivity index (χ2n) is 3.32. The lowest BCUT2D eigenvalue weighted by Crippen LogP contribution is -2.40. The van der Waals surface area contributed by atoms with Gasteiger partial charge in [-0.25, -0.2) is 5.84 Å². The number of nitriles is 1. The van der Waals surface area contributed by atoms with Crippen LogP contribution in [-0.2, 0) is 4.79 Å². The van der Waals surface area contributed by atoms with Gasteiger partial charge in [-0.1, -0.05) is 0 Å². The Hall–Kier alpha value is -2.66. The van der Waals surface area contributed by atoms with E-state index >= 15 is 0 Å². The molecular weight excluding hydrogens is 240 g/mol. The lowest BCUT2D eigenvalue weighted by molar-refractivity contribution is -0.386. The van der Waals surface area contributed by atoms with Gasteiger partial charge in [-0.15, -0.1) is 0 Å². The molecule has 8 nitrogen and oxygen atoms in total. The van der Waals surface area contributed by atoms with Gasteiger partial charge in [0.25, 0.3) is 5.91 Å². The highest BCUT2D eigenvalue weighted by atomic mass is 16.6. The summed E-state index contributed by atoms with van der Waals surface area (Å²) in [5, 5.41) is 19.5. The number of nitro groups is 1. The number of amides is 1. The third-order valence-corrected chi connectivity index (χ3v) is 2.10. The molecule has 94 valence electrons. The maximum Gasteiger partial charge on any atom is 0.312 e. The highest BCUT2D eigenvalue weighted by Crippen LogP contribution is 2.28. The van der Waals surface area contributed by atoms with Crippen molar-refractivity contribution in [3.63, 3.8) is 0 Å². The van der Waals surface area contributed by atoms with Crippen LogP contribution in [0, 0.1) is 21.4 Å². The van der Waals surface area contributed by atoms with E-state index in [-0.39, 0.29) is 17.0 Å². The number of hydrogen-bond acceptors (Lipinski definition) is 6. The summed E-state index contributed by atoms with van der Waals surface area (Å²) in [6, 6.07) is 5.47. The number of hydrazine groups is 1. The number of hydrogen-bond donors (Lipinski definition) is 2. The third-order valence-electron chi connectivity index (χ3n) is 2.10. The smallest absolute Gasteiger partial charge is 0.312 e. The van der Waals surface area contributed by atoms with Crippen LogP contribution in [0.2, 0.25) is 0 Å². The molecule has 0 saturated heterocycles. The van der Waals surface area contributed by atoms with Crippen LogP contribution in [0.3, 0.4) is 0 Å². The minimum Gasteiger partial charge on any atom is -0.474 e. The predicted octanol–water partition coefficient (Wildman–Crippen LogP) is 0.224. The van der Waals surface area contributed by atoms with Gasteiger partial charge in [0.05, 0.1) is 16.6 Å². The van der Waals surface area contributed by atoms with Crippen molar-refractivity contribution in [2.45, 2.75) is 13.0 Å². The number of carbonyl (C=O) groups excluding carboxylic acids is 1. The Kier molecular flexibility index (Phi) is 4.17. The first-order chi connectivity index (χ1) is 8.49. The maximum atomic E-state index is 11.1. The van der Waals surface area contributed by atoms with E-state index in [9.17, 15) is 14.9 Å². The summed E-state index contributed by atoms with van der Waals surface area (Å²) in [5.74, 6) is 4.19. The SMILES string of the molecule is CC(Oc1ccc(C#N)cc1[N+](=O)[O-])C(=O)NN. The molecule has 1 rings (SSSR count). The van der Waals surface area contributed by atoms with Gasteiger partial charge >= 0.3 is 5.69 Å². The highest BCUT2D eigenvalue weighted by Gasteiger charge is 2.21. The van der Waals surface area contributed by atoms with Gasteiger partial charge in [0.2, 0.25) is 0 Å². The van der Waals surface area contributed by atoms with E-state index in [4.69, 9.17) is 15.8 Å². The average molecular weight is 250 g/mol. The Labute approximate surface area is 102 Å². The van der Waals surface area contributed by atoms with Crippen LogP contribution in [0.1, 0.15) is 12.5 Å². The Morgan fingerprint density at radius 2 is 2.33 bits per heavy atom. The van der Waals surface area contributed by atoms with E-state index in [2.05, 4.69) is 0 Å². The van der Waals surface area contributed by atoms with E-state index < -0.39 is 16.9 Å². The Bertz CT molecular complexity index is 523. The molecule has 0 spiro atoms. The van der Waals surface area contributed by atoms with Gasteiger partial charge in [-0.3, -0.25) is 20.3 Å². The number of nitrogens with zero attached hydrogens (tertiary/aromatic N) is 2. The number of nitrogens with two attached hydrogens (primary N) is 1. The fraction of sp³-hybridized carbons (Fsp3) is 0.200. The van der Waals surface area contributed by atoms with Crippen molar-refractivity contribution in [2.24, 2.45) is 5.84 Å². The first-order valence-corrected chi connectivity index (χ1v) is 4.85. The van der Waals surface area contributed by atoms with Gasteiger partial charge in [0.1, 0.15) is 0 Å². The average Bonchev–Trinajstić information content (AvgIpc) is 2.37. The molecule has 18 heavy (non-hydrogen) atoms. The molecule has 1 amide bonds. The Morgan fingerprint density at radius 3 is 2.83 bits per heavy atom. The zero-order valence-electron chi connectivity index (χ0n) is 9.41. The van der Waals surface area contributed by atoms with Gasteiger partial charge in [-0.05, 0) is 19.1 Å². The number of rotatable bonds is 4. The van der Waals surface area contributed by atoms with Crippen LogP contribution in [-0.4, -0.2) is 16.9 Å². The Balaban J connectivity index is 3.06. The second-order valence-corrected chi connectivity index (χ2v) is 3.32. The minimum atomic E-state index is -0.985. The molecule has 1 aromatic rings. The number of nitro benzene ring substituents is 1. The molecule has 1 unspecified atom stereocenters. The van der Waals surface area contributed by atoms with Crippen LogP contribution in [0.15, 0.2) is 18.2 Å². The van der Waals surface area contributed by atoms with Crippen LogP contribution in [0.25, 0.3) is 0 Å². The topological polar surface area (TPSA) is 131 Å². The van der Waals surface area contributed by atoms with E-state index in [1.54, 1.807) is 6.07 Å². The number of benzene rings is 1. The summed E-state index contributed by atoms with van der Waals surface area (Å²) in [6.07, 6.45) is -0.985. The molecule has 0 saturated carbocycles. The van der Waals surface area contributed by atoms with Gasteiger partial charge in [0, 0.05) is 6.07 Å². The molecule has 0 aliphatic carbocycles. The van der Waals surface area contributed by atoms with Crippen LogP contribution >= 0.6 is 0 Å². The third kappa shape index (κ3) is 2.93. The molecule has 0 fully saturated rings. The molecule has 0 bridgehead atoms. The van der Waals surface area contributed by atoms with E-state index in [1.165, 1.54) is 19.1 Å². The highest BCUT2D eigenvalue weighted by molar-refractivity contribution is 5.80. The quantitative estimate of drug-likeness (QED) is 0.340. The maximum absolute atomic E-state index is 11.1. The molecule has 0 aliphatic rings. The zero-order chi connectivity index (χ0) is 13.7. The molecule has 0 aromatic heterocycles. The lowest BCUT2D eigenvalue weighted by atomic mass is 10.2. The molecule has 0 radical (unpaired) electrons. The number of ether oxygens (including phenoxy) is 1. The van der Waals surface area contributed by atoms with Crippen molar-refractivity contribution < 1.29 is 14.5 Å². The summed E-state index contributed by atoms with van der Waals surface area (Å²) in [6.45, 7) is 1.39. The van der Waals surface area contributed by atoms with Crippen LogP contribution < -0.4 is 16.0 Å². The number of nitrogens with one attached hydrogen (secondary N) is 1. The van der Waals surface area contributed by atoms with Crippen molar-refractivity contribution in [3.05, 3.63) is 33.9 Å². The first-order valence-electron chi connectivity index (χ1n) is 4.85. The minimum absolute atomic E-state index is 0.102. The fourth-order valence-corrected chi connectivity index (χ4v) is 1.19. The normalized spacial score (nSPS) is 11.2. The largest absolute Gasteiger partial charge is 0.474 e. The second kappa shape index (κ2) is 5.60. The van der Waals surface area contributed by atoms with Crippen LogP contribution in [0.5, 0.6) is 5.75 Å². The molecule has 0 heterocycles. The van der Waals surface area contributed by atoms with Gasteiger partial charge in [0.15, 0.2) is 11.9 Å². The summed E-state index contributed by atoms with van der Waals surface area (Å²) in [5.41, 5.74) is 1.62. The van der Waals surface area contributed by atoms with Gasteiger partial charge in [-0.2, -0.15) is 5.26 Å². The monoisotopic (exact) mass is 250 g/mol. The van der Waals surface area contributed by atoms with Crippen LogP contribution in [0.4, 0.5) is 5.69 Å². The van der Waals surface area contributed by atoms with Crippen molar-refractivity contribution in [1.82, 2.24) is 5.43 Å². The van der Waals surface area contributed by atoms with Gasteiger partial charge < -0.3 is 4.74 Å². The van der Waals surface area contributed by atoms with Crippen molar-refractivity contribution in [3.8, 4) is 11.8 Å². The van der Waals surface area contributed by atoms with E-state index in [0.717, 1.165) is 6.07 Å². The van der Waals surface area contributed by atoms with Crippen molar-refractivity contribution >= 4 is 11.6 Å². The summed E-state index contributed by atoms with van der Waals surface area (Å²) in [7, 11) is 0. The molecule has 1 atom stereocenters. The standard InChI is InChI=1S/C10H10N4O4/c1-6(10(15)13-12)18-9-3-2-7(5-11)4-8(9)14(16)17/h2-4,6H,12H2,1H3,(H,13,15). The van der Waals surface area contributed by atoms with Crippen molar-refractivity contribution in [1.29, 1.82) is 5.26 Å². The van der Waals surface area contributed by atoms with Crippen molar-refractivity contribution in [2.75, 3.05) is 0 Å². The predicted molar refractivity (Wildman–Crippen MR) is 60.2 cm³/mol. The summed E-state index contributed by atoms with van der Waals surface area (Å²) >= 11 is 0. The molecule has 0 aliphatic heterocycles. The summed E-state index contributed by atoms with van der Waals surface area (Å²) in [4.78, 5) is 21.2. The zero-order valence-corrected chi connectivity index (χ0v) is 9.41. The molecular formula is C10H10N4O4.